The highest BCUT2D eigenvalue weighted by molar-refractivity contribution is 5.72. The van der Waals surface area contributed by atoms with E-state index in [0.717, 1.165) is 0 Å². The Balaban J connectivity index is 3.77. The zero-order valence-corrected chi connectivity index (χ0v) is 11.3. The lowest BCUT2D eigenvalue weighted by Crippen LogP contribution is -2.34. The van der Waals surface area contributed by atoms with E-state index in [0.29, 0.717) is 19.6 Å². The van der Waals surface area contributed by atoms with E-state index >= 15 is 0 Å². The molecule has 0 bridgehead atoms. The van der Waals surface area contributed by atoms with Crippen molar-refractivity contribution in [3.63, 3.8) is 0 Å². The number of amides is 1. The van der Waals surface area contributed by atoms with Crippen LogP contribution < -0.4 is 5.32 Å². The van der Waals surface area contributed by atoms with Crippen molar-refractivity contribution in [2.75, 3.05) is 13.2 Å². The van der Waals surface area contributed by atoms with Crippen LogP contribution in [0.4, 0.5) is 4.79 Å². The van der Waals surface area contributed by atoms with Crippen LogP contribution in [0.2, 0.25) is 0 Å². The minimum Gasteiger partial charge on any atom is -0.466 e. The monoisotopic (exact) mass is 245 g/mol. The zero-order chi connectivity index (χ0) is 13.5. The molecule has 0 fully saturated rings. The van der Waals surface area contributed by atoms with Crippen LogP contribution in [0.15, 0.2) is 0 Å². The first-order valence-corrected chi connectivity index (χ1v) is 5.89. The van der Waals surface area contributed by atoms with Crippen molar-refractivity contribution in [1.29, 1.82) is 0 Å². The molecule has 0 unspecified atom stereocenters. The quantitative estimate of drug-likeness (QED) is 0.753. The first-order valence-electron chi connectivity index (χ1n) is 5.89. The number of ether oxygens (including phenoxy) is 2. The number of carbonyl (C=O) groups excluding carboxylic acids is 2. The molecule has 0 spiro atoms. The second-order valence-corrected chi connectivity index (χ2v) is 4.87. The lowest BCUT2D eigenvalue weighted by molar-refractivity contribution is -0.147. The first-order chi connectivity index (χ1) is 7.76. The molecule has 1 amide bonds. The smallest absolute Gasteiger partial charge is 0.407 e. The maximum atomic E-state index is 11.3. The predicted octanol–water partition coefficient (Wildman–Crippen LogP) is 2.10. The molecule has 0 saturated carbocycles. The van der Waals surface area contributed by atoms with Gasteiger partial charge in [-0.3, -0.25) is 4.79 Å². The first kappa shape index (κ1) is 15.7. The lowest BCUT2D eigenvalue weighted by atomic mass is 10.1. The summed E-state index contributed by atoms with van der Waals surface area (Å²) in [5.74, 6) is -0.455. The van der Waals surface area contributed by atoms with E-state index in [1.165, 1.54) is 0 Å². The van der Waals surface area contributed by atoms with Crippen molar-refractivity contribution in [2.45, 2.75) is 46.6 Å². The fourth-order valence-electron chi connectivity index (χ4n) is 1.11. The normalized spacial score (nSPS) is 12.8. The number of alkyl carbamates (subject to hydrolysis) is 1. The molecule has 5 nitrogen and oxygen atoms in total. The summed E-state index contributed by atoms with van der Waals surface area (Å²) in [4.78, 5) is 22.6. The van der Waals surface area contributed by atoms with Gasteiger partial charge in [-0.1, -0.05) is 6.92 Å². The molecular formula is C12H23NO4. The Kier molecular flexibility index (Phi) is 6.61. The second-order valence-electron chi connectivity index (χ2n) is 4.87. The van der Waals surface area contributed by atoms with Crippen LogP contribution in [0.1, 0.15) is 41.0 Å². The minimum absolute atomic E-state index is 0.218. The summed E-state index contributed by atoms with van der Waals surface area (Å²) in [6.07, 6.45) is 0.0755. The van der Waals surface area contributed by atoms with E-state index in [2.05, 4.69) is 5.32 Å². The highest BCUT2D eigenvalue weighted by Crippen LogP contribution is 2.07. The number of hydrogen-bond donors (Lipinski definition) is 1. The Morgan fingerprint density at radius 2 is 1.88 bits per heavy atom. The maximum absolute atomic E-state index is 11.3. The Morgan fingerprint density at radius 1 is 1.29 bits per heavy atom. The van der Waals surface area contributed by atoms with Crippen LogP contribution in [-0.4, -0.2) is 30.8 Å². The molecule has 0 aromatic heterocycles. The summed E-state index contributed by atoms with van der Waals surface area (Å²) in [6, 6.07) is 0. The lowest BCUT2D eigenvalue weighted by Gasteiger charge is -2.20. The van der Waals surface area contributed by atoms with E-state index in [4.69, 9.17) is 9.47 Å². The maximum Gasteiger partial charge on any atom is 0.407 e. The molecule has 0 heterocycles. The van der Waals surface area contributed by atoms with E-state index in [-0.39, 0.29) is 11.9 Å². The van der Waals surface area contributed by atoms with E-state index in [1.54, 1.807) is 34.6 Å². The van der Waals surface area contributed by atoms with Gasteiger partial charge in [-0.25, -0.2) is 4.79 Å². The van der Waals surface area contributed by atoms with Crippen LogP contribution >= 0.6 is 0 Å². The van der Waals surface area contributed by atoms with Gasteiger partial charge < -0.3 is 14.8 Å². The van der Waals surface area contributed by atoms with E-state index in [9.17, 15) is 9.59 Å². The van der Waals surface area contributed by atoms with Gasteiger partial charge in [-0.15, -0.1) is 0 Å². The molecule has 0 saturated heterocycles. The van der Waals surface area contributed by atoms with Crippen LogP contribution in [0.25, 0.3) is 0 Å². The van der Waals surface area contributed by atoms with Crippen molar-refractivity contribution >= 4 is 12.1 Å². The third kappa shape index (κ3) is 8.54. The average Bonchev–Trinajstić information content (AvgIpc) is 2.14. The van der Waals surface area contributed by atoms with Gasteiger partial charge in [-0.2, -0.15) is 0 Å². The van der Waals surface area contributed by atoms with Gasteiger partial charge in [0.2, 0.25) is 0 Å². The Hall–Kier alpha value is -1.26. The summed E-state index contributed by atoms with van der Waals surface area (Å²) in [5, 5.41) is 2.60. The number of rotatable bonds is 5. The van der Waals surface area contributed by atoms with Crippen LogP contribution in [0.5, 0.6) is 0 Å². The zero-order valence-electron chi connectivity index (χ0n) is 11.3. The van der Waals surface area contributed by atoms with Gasteiger partial charge in [-0.05, 0) is 34.1 Å². The van der Waals surface area contributed by atoms with Crippen molar-refractivity contribution in [2.24, 2.45) is 5.92 Å². The van der Waals surface area contributed by atoms with Gasteiger partial charge in [0, 0.05) is 6.54 Å². The summed E-state index contributed by atoms with van der Waals surface area (Å²) < 4.78 is 9.92. The van der Waals surface area contributed by atoms with Gasteiger partial charge in [0.1, 0.15) is 5.60 Å². The van der Waals surface area contributed by atoms with Crippen LogP contribution in [0, 0.1) is 5.92 Å². The van der Waals surface area contributed by atoms with Gasteiger partial charge >= 0.3 is 12.1 Å². The SMILES string of the molecule is CCOC(=O)[C@H](C)CCNC(=O)OC(C)(C)C. The second kappa shape index (κ2) is 7.14. The molecule has 5 heteroatoms. The van der Waals surface area contributed by atoms with Crippen molar-refractivity contribution in [3.05, 3.63) is 0 Å². The molecule has 0 rings (SSSR count). The molecule has 100 valence electrons. The molecule has 0 aliphatic carbocycles. The van der Waals surface area contributed by atoms with Crippen LogP contribution in [-0.2, 0) is 14.3 Å². The Bertz CT molecular complexity index is 258. The van der Waals surface area contributed by atoms with Gasteiger partial charge in [0.25, 0.3) is 0 Å². The summed E-state index contributed by atoms with van der Waals surface area (Å²) >= 11 is 0. The molecule has 0 aromatic carbocycles. The molecule has 0 aliphatic heterocycles. The molecule has 1 N–H and O–H groups in total. The van der Waals surface area contributed by atoms with E-state index in [1.807, 2.05) is 0 Å². The largest absolute Gasteiger partial charge is 0.466 e. The Labute approximate surface area is 103 Å². The number of hydrogen-bond acceptors (Lipinski definition) is 4. The Morgan fingerprint density at radius 3 is 2.35 bits per heavy atom. The highest BCUT2D eigenvalue weighted by atomic mass is 16.6. The minimum atomic E-state index is -0.503. The summed E-state index contributed by atoms with van der Waals surface area (Å²) in [7, 11) is 0. The molecule has 0 aromatic rings. The summed E-state index contributed by atoms with van der Waals surface area (Å²) in [6.45, 7) is 9.71. The van der Waals surface area contributed by atoms with Crippen molar-refractivity contribution in [3.8, 4) is 0 Å². The van der Waals surface area contributed by atoms with E-state index < -0.39 is 11.7 Å². The molecule has 0 radical (unpaired) electrons. The fourth-order valence-corrected chi connectivity index (χ4v) is 1.11. The number of nitrogens with one attached hydrogen (secondary N) is 1. The highest BCUT2D eigenvalue weighted by Gasteiger charge is 2.17. The predicted molar refractivity (Wildman–Crippen MR) is 64.7 cm³/mol. The van der Waals surface area contributed by atoms with Crippen molar-refractivity contribution in [1.82, 2.24) is 5.32 Å². The number of carbonyl (C=O) groups is 2. The fraction of sp³-hybridized carbons (Fsp3) is 0.833. The third-order valence-corrected chi connectivity index (χ3v) is 1.93. The van der Waals surface area contributed by atoms with Crippen LogP contribution in [0.3, 0.4) is 0 Å². The van der Waals surface area contributed by atoms with Gasteiger partial charge in [0.15, 0.2) is 0 Å². The standard InChI is InChI=1S/C12H23NO4/c1-6-16-10(14)9(2)7-8-13-11(15)17-12(3,4)5/h9H,6-8H2,1-5H3,(H,13,15)/t9-/m1/s1. The molecular weight excluding hydrogens is 222 g/mol. The molecule has 0 aliphatic rings. The topological polar surface area (TPSA) is 64.6 Å². The number of esters is 1. The third-order valence-electron chi connectivity index (χ3n) is 1.93. The van der Waals surface area contributed by atoms with Crippen molar-refractivity contribution < 1.29 is 19.1 Å². The molecule has 17 heavy (non-hydrogen) atoms. The van der Waals surface area contributed by atoms with Gasteiger partial charge in [0.05, 0.1) is 12.5 Å². The molecule has 1 atom stereocenters. The summed E-state index contributed by atoms with van der Waals surface area (Å²) in [5.41, 5.74) is -0.503. The average molecular weight is 245 g/mol.